The van der Waals surface area contributed by atoms with E-state index in [9.17, 15) is 27.6 Å². The van der Waals surface area contributed by atoms with Crippen LogP contribution in [0.4, 0.5) is 24.7 Å². The molecule has 12 heteroatoms. The number of nitrogens with zero attached hydrogens (tertiary/aromatic N) is 3. The largest absolute Gasteiger partial charge is 0.351 e. The molecule has 3 aromatic rings. The van der Waals surface area contributed by atoms with Crippen LogP contribution >= 0.6 is 23.2 Å². The molecule has 1 saturated carbocycles. The van der Waals surface area contributed by atoms with E-state index >= 15 is 0 Å². The van der Waals surface area contributed by atoms with Crippen molar-refractivity contribution in [2.75, 3.05) is 9.80 Å². The molecule has 1 N–H and O–H groups in total. The Labute approximate surface area is 245 Å². The molecule has 1 saturated heterocycles. The van der Waals surface area contributed by atoms with Crippen LogP contribution in [0.2, 0.25) is 10.0 Å². The Kier molecular flexibility index (Phi) is 8.94. The van der Waals surface area contributed by atoms with E-state index in [0.29, 0.717) is 5.02 Å². The first-order chi connectivity index (χ1) is 19.0. The fourth-order valence-corrected chi connectivity index (χ4v) is 5.45. The molecule has 0 radical (unpaired) electrons. The van der Waals surface area contributed by atoms with Crippen LogP contribution in [-0.4, -0.2) is 40.7 Å². The van der Waals surface area contributed by atoms with E-state index in [0.717, 1.165) is 11.0 Å². The lowest BCUT2D eigenvalue weighted by Crippen LogP contribution is -2.56. The molecular weight excluding hydrogens is 580 g/mol. The summed E-state index contributed by atoms with van der Waals surface area (Å²) in [5.41, 5.74) is 0.212. The van der Waals surface area contributed by atoms with E-state index in [1.54, 1.807) is 12.1 Å². The maximum Gasteiger partial charge on any atom is 0.252 e. The average Bonchev–Trinajstić information content (AvgIpc) is 3.27. The maximum absolute atomic E-state index is 14.5. The lowest BCUT2D eigenvalue weighted by atomic mass is 9.87. The van der Waals surface area contributed by atoms with E-state index in [4.69, 9.17) is 23.2 Å². The monoisotopic (exact) mass is 606 g/mol. The zero-order chi connectivity index (χ0) is 28.6. The summed E-state index contributed by atoms with van der Waals surface area (Å²) in [5, 5.41) is 3.02. The molecule has 2 heterocycles. The van der Waals surface area contributed by atoms with Gasteiger partial charge in [0.1, 0.15) is 23.7 Å². The predicted molar refractivity (Wildman–Crippen MR) is 151 cm³/mol. The summed E-state index contributed by atoms with van der Waals surface area (Å²) in [6.45, 7) is 0. The zero-order valence-corrected chi connectivity index (χ0v) is 22.4. The lowest BCUT2D eigenvalue weighted by molar-refractivity contribution is -0.133. The normalized spacial score (nSPS) is 18.7. The number of hydrogen-bond acceptors (Lipinski definition) is 4. The van der Waals surface area contributed by atoms with Crippen molar-refractivity contribution < 1.29 is 27.6 Å². The third-order valence-corrected chi connectivity index (χ3v) is 7.50. The summed E-state index contributed by atoms with van der Waals surface area (Å²) in [5.74, 6) is -5.31. The fourth-order valence-electron chi connectivity index (χ4n) is 5.06. The highest BCUT2D eigenvalue weighted by Crippen LogP contribution is 2.40. The van der Waals surface area contributed by atoms with Crippen molar-refractivity contribution in [3.63, 3.8) is 0 Å². The van der Waals surface area contributed by atoms with Crippen molar-refractivity contribution in [3.05, 3.63) is 88.3 Å². The van der Waals surface area contributed by atoms with Crippen LogP contribution in [0.3, 0.4) is 0 Å². The van der Waals surface area contributed by atoms with Gasteiger partial charge in [-0.3, -0.25) is 24.2 Å². The number of anilines is 2. The van der Waals surface area contributed by atoms with Gasteiger partial charge in [-0.15, -0.1) is 0 Å². The predicted octanol–water partition coefficient (Wildman–Crippen LogP) is 6.35. The number of rotatable bonds is 7. The number of halogens is 5. The number of benzene rings is 2. The van der Waals surface area contributed by atoms with Gasteiger partial charge in [-0.25, -0.2) is 18.2 Å². The number of nitrogens with one attached hydrogen (secondary N) is 1. The molecular formula is C29H27Cl2F3N4O3. The van der Waals surface area contributed by atoms with E-state index in [-0.39, 0.29) is 48.3 Å². The van der Waals surface area contributed by atoms with E-state index in [1.165, 1.54) is 53.6 Å². The Hall–Kier alpha value is -3.63. The molecule has 5 rings (SSSR count). The first-order valence-corrected chi connectivity index (χ1v) is 13.2. The molecule has 2 aliphatic rings. The first kappa shape index (κ1) is 30.3. The summed E-state index contributed by atoms with van der Waals surface area (Å²) in [4.78, 5) is 47.6. The molecule has 1 aliphatic heterocycles. The van der Waals surface area contributed by atoms with Crippen LogP contribution in [0, 0.1) is 5.82 Å². The fraction of sp³-hybridized carbons (Fsp3) is 0.310. The summed E-state index contributed by atoms with van der Waals surface area (Å²) >= 11 is 12.6. The van der Waals surface area contributed by atoms with Crippen LogP contribution in [0.1, 0.15) is 44.7 Å². The molecule has 1 aliphatic carbocycles. The van der Waals surface area contributed by atoms with Crippen LogP contribution in [0.5, 0.6) is 0 Å². The minimum atomic E-state index is -2.90. The Morgan fingerprint density at radius 3 is 2.46 bits per heavy atom. The molecule has 3 amide bonds. The molecule has 2 aromatic carbocycles. The van der Waals surface area contributed by atoms with Gasteiger partial charge < -0.3 is 5.32 Å². The van der Waals surface area contributed by atoms with Crippen molar-refractivity contribution in [1.29, 1.82) is 0 Å². The number of hydrogen-bond donors (Lipinski definition) is 1. The molecule has 7 nitrogen and oxygen atoms in total. The molecule has 41 heavy (non-hydrogen) atoms. The van der Waals surface area contributed by atoms with Crippen molar-refractivity contribution in [2.45, 2.75) is 57.2 Å². The number of pyridine rings is 1. The zero-order valence-electron chi connectivity index (χ0n) is 20.9. The second-order valence-corrected chi connectivity index (χ2v) is 10.6. The van der Waals surface area contributed by atoms with Gasteiger partial charge in [0.15, 0.2) is 0 Å². The Bertz CT molecular complexity index is 1470. The van der Waals surface area contributed by atoms with Gasteiger partial charge in [-0.2, -0.15) is 0 Å². The van der Waals surface area contributed by atoms with Gasteiger partial charge >= 0.3 is 0 Å². The third-order valence-electron chi connectivity index (χ3n) is 6.92. The van der Waals surface area contributed by atoms with Gasteiger partial charge in [-0.05, 0) is 42.8 Å². The summed E-state index contributed by atoms with van der Waals surface area (Å²) in [6, 6.07) is 10.9. The van der Waals surface area contributed by atoms with Gasteiger partial charge in [0.25, 0.3) is 11.8 Å². The van der Waals surface area contributed by atoms with Gasteiger partial charge in [0.2, 0.25) is 11.8 Å². The number of amides is 3. The minimum absolute atomic E-state index is 0. The highest BCUT2D eigenvalue weighted by atomic mass is 35.5. The van der Waals surface area contributed by atoms with Crippen LogP contribution < -0.4 is 15.1 Å². The average molecular weight is 607 g/mol. The van der Waals surface area contributed by atoms with Crippen molar-refractivity contribution in [1.82, 2.24) is 10.3 Å². The molecule has 2 fully saturated rings. The number of aromatic nitrogens is 1. The quantitative estimate of drug-likeness (QED) is 0.340. The molecule has 1 aromatic heterocycles. The second-order valence-electron chi connectivity index (χ2n) is 9.73. The Morgan fingerprint density at radius 1 is 1.07 bits per heavy atom. The molecule has 2 atom stereocenters. The number of carbonyl (C=O) groups is 3. The molecule has 0 bridgehead atoms. The number of carbonyl (C=O) groups excluding carboxylic acids is 3. The Morgan fingerprint density at radius 2 is 1.80 bits per heavy atom. The summed E-state index contributed by atoms with van der Waals surface area (Å²) in [7, 11) is 0. The third kappa shape index (κ3) is 6.33. The standard InChI is InChI=1S/C28H23Cl2F3N4O3.CH4/c29-16-10-11-34-23(12-16)37-22(8-9-24(37)38)27(40)36(19-5-3-4-17(31)13-19)25(20-6-1-2-7-21(20)30)26(39)35-18-14-28(32,33)15-18;/h1-7,10-13,18,22,25H,8-9,14-15H2,(H,35,39);1H4/t22-,25+;/m0./s1. The summed E-state index contributed by atoms with van der Waals surface area (Å²) in [6.07, 6.45) is 0.398. The van der Waals surface area contributed by atoms with E-state index < -0.39 is 54.5 Å². The van der Waals surface area contributed by atoms with Gasteiger partial charge in [0.05, 0.1) is 0 Å². The van der Waals surface area contributed by atoms with Crippen LogP contribution in [0.25, 0.3) is 0 Å². The van der Waals surface area contributed by atoms with Crippen LogP contribution in [0.15, 0.2) is 66.9 Å². The smallest absolute Gasteiger partial charge is 0.252 e. The molecule has 0 unspecified atom stereocenters. The van der Waals surface area contributed by atoms with Gasteiger partial charge in [0, 0.05) is 52.8 Å². The van der Waals surface area contributed by atoms with E-state index in [2.05, 4.69) is 10.3 Å². The lowest BCUT2D eigenvalue weighted by Gasteiger charge is -2.39. The Balaban J connectivity index is 0.00000387. The maximum atomic E-state index is 14.5. The minimum Gasteiger partial charge on any atom is -0.351 e. The molecule has 0 spiro atoms. The topological polar surface area (TPSA) is 82.6 Å². The second kappa shape index (κ2) is 12.1. The van der Waals surface area contributed by atoms with Crippen molar-refractivity contribution >= 4 is 52.4 Å². The van der Waals surface area contributed by atoms with Crippen molar-refractivity contribution in [3.8, 4) is 0 Å². The highest BCUT2D eigenvalue weighted by molar-refractivity contribution is 6.32. The van der Waals surface area contributed by atoms with Crippen molar-refractivity contribution in [2.24, 2.45) is 0 Å². The number of alkyl halides is 2. The van der Waals surface area contributed by atoms with Crippen LogP contribution in [-0.2, 0) is 14.4 Å². The van der Waals surface area contributed by atoms with Gasteiger partial charge in [-0.1, -0.05) is 54.9 Å². The SMILES string of the molecule is C.O=C(NC1CC(F)(F)C1)[C@@H](c1ccccc1Cl)N(C(=O)[C@@H]1CCC(=O)N1c1cc(Cl)ccn1)c1cccc(F)c1. The first-order valence-electron chi connectivity index (χ1n) is 12.5. The molecule has 216 valence electrons. The highest BCUT2D eigenvalue weighted by Gasteiger charge is 2.48. The summed E-state index contributed by atoms with van der Waals surface area (Å²) < 4.78 is 41.6. The van der Waals surface area contributed by atoms with E-state index in [1.807, 2.05) is 0 Å².